The summed E-state index contributed by atoms with van der Waals surface area (Å²) >= 11 is 0. The second-order valence-corrected chi connectivity index (χ2v) is 4.88. The first kappa shape index (κ1) is 11.0. The molecule has 14 heavy (non-hydrogen) atoms. The number of benzene rings is 1. The summed E-state index contributed by atoms with van der Waals surface area (Å²) in [5, 5.41) is 11.4. The summed E-state index contributed by atoms with van der Waals surface area (Å²) in [4.78, 5) is 0.247. The minimum absolute atomic E-state index is 0.00303. The fourth-order valence-electron chi connectivity index (χ4n) is 0.969. The van der Waals surface area contributed by atoms with Crippen LogP contribution in [0.5, 0.6) is 0 Å². The Hall–Kier alpha value is -1.07. The first-order chi connectivity index (χ1) is 6.54. The lowest BCUT2D eigenvalue weighted by Gasteiger charge is -2.05. The van der Waals surface area contributed by atoms with E-state index in [4.69, 9.17) is 5.11 Å². The maximum atomic E-state index is 11.2. The molecule has 1 aromatic rings. The van der Waals surface area contributed by atoms with Gasteiger partial charge >= 0.3 is 0 Å². The summed E-state index contributed by atoms with van der Waals surface area (Å²) in [6.45, 7) is 0.376. The zero-order valence-electron chi connectivity index (χ0n) is 7.82. The maximum absolute atomic E-state index is 11.2. The normalized spacial score (nSPS) is 11.3. The average molecular weight is 214 g/mol. The number of hydrogen-bond acceptors (Lipinski definition) is 4. The number of hydrogen-bond donors (Lipinski definition) is 2. The predicted octanol–water partition coefficient (Wildman–Crippen LogP) is 0.294. The molecule has 0 bridgehead atoms. The molecule has 0 saturated heterocycles. The van der Waals surface area contributed by atoms with Crippen molar-refractivity contribution in [1.29, 1.82) is 0 Å². The Kier molecular flexibility index (Phi) is 3.49. The molecule has 0 aromatic heterocycles. The Balaban J connectivity index is 2.90. The molecule has 1 aromatic carbocycles. The van der Waals surface area contributed by atoms with Crippen LogP contribution in [-0.2, 0) is 9.84 Å². The molecule has 0 aliphatic carbocycles. The lowest BCUT2D eigenvalue weighted by atomic mass is 10.3. The topological polar surface area (TPSA) is 66.4 Å². The molecule has 0 aliphatic heterocycles. The average Bonchev–Trinajstić information content (AvgIpc) is 2.14. The van der Waals surface area contributed by atoms with Gasteiger partial charge in [-0.15, -0.1) is 0 Å². The Morgan fingerprint density at radius 2 is 2.29 bits per heavy atom. The van der Waals surface area contributed by atoms with E-state index in [0.29, 0.717) is 12.2 Å². The van der Waals surface area contributed by atoms with Crippen LogP contribution in [0.25, 0.3) is 0 Å². The molecule has 0 aliphatic rings. The van der Waals surface area contributed by atoms with E-state index in [2.05, 4.69) is 11.4 Å². The van der Waals surface area contributed by atoms with E-state index in [0.717, 1.165) is 6.26 Å². The molecule has 0 heterocycles. The van der Waals surface area contributed by atoms with Gasteiger partial charge in [-0.25, -0.2) is 8.42 Å². The van der Waals surface area contributed by atoms with Gasteiger partial charge in [-0.3, -0.25) is 0 Å². The third-order valence-electron chi connectivity index (χ3n) is 1.63. The predicted molar refractivity (Wildman–Crippen MR) is 54.0 cm³/mol. The molecule has 0 amide bonds. The second kappa shape index (κ2) is 4.43. The summed E-state index contributed by atoms with van der Waals surface area (Å²) in [6.07, 6.45) is 1.15. The van der Waals surface area contributed by atoms with Gasteiger partial charge in [-0.05, 0) is 12.1 Å². The van der Waals surface area contributed by atoms with E-state index in [1.54, 1.807) is 0 Å². The van der Waals surface area contributed by atoms with Crippen molar-refractivity contribution < 1.29 is 13.5 Å². The second-order valence-electron chi connectivity index (χ2n) is 2.86. The minimum atomic E-state index is -3.17. The summed E-state index contributed by atoms with van der Waals surface area (Å²) in [6, 6.07) is 7.34. The van der Waals surface area contributed by atoms with Crippen LogP contribution in [0.3, 0.4) is 0 Å². The zero-order valence-corrected chi connectivity index (χ0v) is 8.63. The minimum Gasteiger partial charge on any atom is -0.395 e. The molecule has 77 valence electrons. The van der Waals surface area contributed by atoms with Crippen LogP contribution in [0.15, 0.2) is 23.1 Å². The lowest BCUT2D eigenvalue weighted by Crippen LogP contribution is -2.06. The van der Waals surface area contributed by atoms with E-state index < -0.39 is 9.84 Å². The fourth-order valence-corrected chi connectivity index (χ4v) is 1.62. The molecular formula is C9H12NO3S. The van der Waals surface area contributed by atoms with Gasteiger partial charge in [-0.2, -0.15) is 0 Å². The van der Waals surface area contributed by atoms with Gasteiger partial charge in [0, 0.05) is 24.6 Å². The monoisotopic (exact) mass is 214 g/mol. The third kappa shape index (κ3) is 3.01. The van der Waals surface area contributed by atoms with Crippen molar-refractivity contribution in [2.24, 2.45) is 0 Å². The number of rotatable bonds is 4. The van der Waals surface area contributed by atoms with Crippen LogP contribution in [0.1, 0.15) is 0 Å². The van der Waals surface area contributed by atoms with Crippen molar-refractivity contribution in [3.63, 3.8) is 0 Å². The highest BCUT2D eigenvalue weighted by molar-refractivity contribution is 7.90. The van der Waals surface area contributed by atoms with Crippen molar-refractivity contribution in [2.45, 2.75) is 4.90 Å². The maximum Gasteiger partial charge on any atom is 0.175 e. The number of anilines is 1. The van der Waals surface area contributed by atoms with Gasteiger partial charge in [0.15, 0.2) is 9.84 Å². The Bertz CT molecular complexity index is 400. The molecule has 0 fully saturated rings. The highest BCUT2D eigenvalue weighted by Gasteiger charge is 2.06. The summed E-state index contributed by atoms with van der Waals surface area (Å²) in [7, 11) is -3.17. The van der Waals surface area contributed by atoms with Crippen LogP contribution in [-0.4, -0.2) is 32.9 Å². The number of aliphatic hydroxyl groups is 1. The summed E-state index contributed by atoms with van der Waals surface area (Å²) in [5.74, 6) is 0. The Morgan fingerprint density at radius 1 is 1.57 bits per heavy atom. The fraction of sp³-hybridized carbons (Fsp3) is 0.333. The van der Waals surface area contributed by atoms with Gasteiger partial charge in [0.2, 0.25) is 0 Å². The van der Waals surface area contributed by atoms with Gasteiger partial charge in [0.25, 0.3) is 0 Å². The SMILES string of the molecule is CS(=O)(=O)c1cc[c]c(NCCO)c1. The molecule has 1 radical (unpaired) electrons. The third-order valence-corrected chi connectivity index (χ3v) is 2.74. The highest BCUT2D eigenvalue weighted by atomic mass is 32.2. The van der Waals surface area contributed by atoms with Gasteiger partial charge in [0.1, 0.15) is 0 Å². The Morgan fingerprint density at radius 3 is 2.86 bits per heavy atom. The molecule has 4 nitrogen and oxygen atoms in total. The quantitative estimate of drug-likeness (QED) is 0.756. The molecule has 0 spiro atoms. The molecule has 0 atom stereocenters. The van der Waals surface area contributed by atoms with Crippen LogP contribution in [0.2, 0.25) is 0 Å². The largest absolute Gasteiger partial charge is 0.395 e. The van der Waals surface area contributed by atoms with Crippen LogP contribution >= 0.6 is 0 Å². The van der Waals surface area contributed by atoms with E-state index in [1.807, 2.05) is 0 Å². The summed E-state index contributed by atoms with van der Waals surface area (Å²) in [5.41, 5.74) is 0.571. The molecule has 2 N–H and O–H groups in total. The Labute approximate surface area is 83.5 Å². The molecule has 0 saturated carbocycles. The van der Waals surface area contributed by atoms with Crippen molar-refractivity contribution >= 4 is 15.5 Å². The van der Waals surface area contributed by atoms with Crippen molar-refractivity contribution in [3.05, 3.63) is 24.3 Å². The number of aliphatic hydroxyl groups excluding tert-OH is 1. The van der Waals surface area contributed by atoms with Crippen LogP contribution in [0, 0.1) is 6.07 Å². The van der Waals surface area contributed by atoms with Gasteiger partial charge in [-0.1, -0.05) is 6.07 Å². The zero-order chi connectivity index (χ0) is 10.6. The summed E-state index contributed by atoms with van der Waals surface area (Å²) < 4.78 is 22.3. The van der Waals surface area contributed by atoms with Crippen molar-refractivity contribution in [1.82, 2.24) is 0 Å². The number of sulfone groups is 1. The highest BCUT2D eigenvalue weighted by Crippen LogP contribution is 2.14. The number of nitrogens with one attached hydrogen (secondary N) is 1. The first-order valence-corrected chi connectivity index (χ1v) is 5.99. The molecule has 5 heteroatoms. The molecule has 1 rings (SSSR count). The molecule has 0 unspecified atom stereocenters. The van der Waals surface area contributed by atoms with Gasteiger partial charge < -0.3 is 10.4 Å². The van der Waals surface area contributed by atoms with E-state index in [9.17, 15) is 8.42 Å². The van der Waals surface area contributed by atoms with Crippen LogP contribution < -0.4 is 5.32 Å². The van der Waals surface area contributed by atoms with Crippen molar-refractivity contribution in [3.8, 4) is 0 Å². The first-order valence-electron chi connectivity index (χ1n) is 4.10. The smallest absolute Gasteiger partial charge is 0.175 e. The lowest BCUT2D eigenvalue weighted by molar-refractivity contribution is 0.311. The van der Waals surface area contributed by atoms with E-state index >= 15 is 0 Å². The van der Waals surface area contributed by atoms with Crippen molar-refractivity contribution in [2.75, 3.05) is 24.7 Å². The van der Waals surface area contributed by atoms with E-state index in [-0.39, 0.29) is 11.5 Å². The molecular weight excluding hydrogens is 202 g/mol. The van der Waals surface area contributed by atoms with Crippen LogP contribution in [0.4, 0.5) is 5.69 Å². The standard InChI is InChI=1S/C9H12NO3S/c1-14(12,13)9-4-2-3-8(7-9)10-5-6-11/h2,4,7,10-11H,5-6H2,1H3. The van der Waals surface area contributed by atoms with Gasteiger partial charge in [0.05, 0.1) is 11.5 Å². The van der Waals surface area contributed by atoms with E-state index in [1.165, 1.54) is 18.2 Å².